The van der Waals surface area contributed by atoms with Gasteiger partial charge in [0.15, 0.2) is 6.29 Å². The standard InChI is InChI=1S/C35H70O3/c1-3-5-7-9-11-21-25-29-33-37-35(38-34-30-26-22-12-10-8-6-4-2)31-27-23-19-17-15-13-14-16-18-20-24-28-32-36/h20,24,35-36H,3-19,21-23,25-34H2,1-2H3/b24-20-. The third-order valence-electron chi connectivity index (χ3n) is 7.63. The number of aliphatic hydroxyl groups excluding tert-OH is 1. The van der Waals surface area contributed by atoms with E-state index in [9.17, 15) is 0 Å². The maximum absolute atomic E-state index is 8.78. The van der Waals surface area contributed by atoms with Crippen molar-refractivity contribution in [3.8, 4) is 0 Å². The molecule has 0 saturated heterocycles. The summed E-state index contributed by atoms with van der Waals surface area (Å²) in [4.78, 5) is 0. The molecule has 0 saturated carbocycles. The van der Waals surface area contributed by atoms with Crippen LogP contribution >= 0.6 is 0 Å². The summed E-state index contributed by atoms with van der Waals surface area (Å²) in [5.41, 5.74) is 0. The monoisotopic (exact) mass is 539 g/mol. The molecule has 0 atom stereocenters. The third kappa shape index (κ3) is 31.8. The fraction of sp³-hybridized carbons (Fsp3) is 0.943. The van der Waals surface area contributed by atoms with E-state index in [1.165, 1.54) is 161 Å². The van der Waals surface area contributed by atoms with E-state index in [2.05, 4.69) is 26.0 Å². The van der Waals surface area contributed by atoms with Crippen LogP contribution in [0.4, 0.5) is 0 Å². The lowest BCUT2D eigenvalue weighted by Gasteiger charge is -2.19. The van der Waals surface area contributed by atoms with Crippen LogP contribution in [0, 0.1) is 0 Å². The smallest absolute Gasteiger partial charge is 0.157 e. The highest BCUT2D eigenvalue weighted by molar-refractivity contribution is 4.80. The molecular weight excluding hydrogens is 468 g/mol. The van der Waals surface area contributed by atoms with Crippen LogP contribution in [0.2, 0.25) is 0 Å². The van der Waals surface area contributed by atoms with E-state index in [0.717, 1.165) is 26.1 Å². The molecule has 0 radical (unpaired) electrons. The number of allylic oxidation sites excluding steroid dienone is 1. The number of rotatable bonds is 33. The number of unbranched alkanes of at least 4 members (excludes halogenated alkanes) is 22. The largest absolute Gasteiger partial charge is 0.396 e. The van der Waals surface area contributed by atoms with Gasteiger partial charge in [0.1, 0.15) is 0 Å². The van der Waals surface area contributed by atoms with Crippen LogP contribution in [-0.4, -0.2) is 31.2 Å². The second kappa shape index (κ2) is 34.6. The highest BCUT2D eigenvalue weighted by Crippen LogP contribution is 2.16. The van der Waals surface area contributed by atoms with E-state index >= 15 is 0 Å². The van der Waals surface area contributed by atoms with Gasteiger partial charge in [0.2, 0.25) is 0 Å². The van der Waals surface area contributed by atoms with Gasteiger partial charge >= 0.3 is 0 Å². The Morgan fingerprint density at radius 2 is 0.816 bits per heavy atom. The maximum Gasteiger partial charge on any atom is 0.157 e. The summed E-state index contributed by atoms with van der Waals surface area (Å²) >= 11 is 0. The molecule has 0 amide bonds. The van der Waals surface area contributed by atoms with Crippen LogP contribution in [0.5, 0.6) is 0 Å². The van der Waals surface area contributed by atoms with Crippen molar-refractivity contribution in [3.63, 3.8) is 0 Å². The predicted molar refractivity (Wildman–Crippen MR) is 168 cm³/mol. The fourth-order valence-corrected chi connectivity index (χ4v) is 5.06. The van der Waals surface area contributed by atoms with Crippen LogP contribution in [0.25, 0.3) is 0 Å². The number of ether oxygens (including phenoxy) is 2. The normalized spacial score (nSPS) is 11.9. The lowest BCUT2D eigenvalue weighted by molar-refractivity contribution is -0.148. The average Bonchev–Trinajstić information content (AvgIpc) is 2.93. The molecule has 0 fully saturated rings. The van der Waals surface area contributed by atoms with Gasteiger partial charge in [-0.1, -0.05) is 154 Å². The first-order valence-electron chi connectivity index (χ1n) is 17.3. The Morgan fingerprint density at radius 1 is 0.447 bits per heavy atom. The minimum atomic E-state index is 0.0167. The second-order valence-corrected chi connectivity index (χ2v) is 11.5. The summed E-state index contributed by atoms with van der Waals surface area (Å²) in [6, 6.07) is 0. The molecule has 0 aromatic carbocycles. The van der Waals surface area contributed by atoms with E-state index in [1.54, 1.807) is 0 Å². The minimum Gasteiger partial charge on any atom is -0.396 e. The molecule has 0 aliphatic heterocycles. The molecule has 0 spiro atoms. The van der Waals surface area contributed by atoms with Crippen molar-refractivity contribution in [1.82, 2.24) is 0 Å². The second-order valence-electron chi connectivity index (χ2n) is 11.5. The zero-order valence-corrected chi connectivity index (χ0v) is 26.2. The predicted octanol–water partition coefficient (Wildman–Crippen LogP) is 11.5. The minimum absolute atomic E-state index is 0.0167. The molecular formula is C35H70O3. The Labute approximate surface area is 239 Å². The van der Waals surface area contributed by atoms with E-state index in [4.69, 9.17) is 14.6 Å². The molecule has 3 heteroatoms. The lowest BCUT2D eigenvalue weighted by atomic mass is 10.1. The fourth-order valence-electron chi connectivity index (χ4n) is 5.06. The molecule has 0 rings (SSSR count). The molecule has 0 unspecified atom stereocenters. The van der Waals surface area contributed by atoms with Crippen molar-refractivity contribution in [2.75, 3.05) is 19.8 Å². The SMILES string of the molecule is CCCCCCCCCCOC(CCCCCCCCCC/C=C\CCO)OCCCCCCCCCC. The van der Waals surface area contributed by atoms with Gasteiger partial charge in [0.05, 0.1) is 0 Å². The zero-order chi connectivity index (χ0) is 27.6. The van der Waals surface area contributed by atoms with Gasteiger partial charge in [-0.2, -0.15) is 0 Å². The van der Waals surface area contributed by atoms with Gasteiger partial charge in [-0.25, -0.2) is 0 Å². The van der Waals surface area contributed by atoms with E-state index < -0.39 is 0 Å². The highest BCUT2D eigenvalue weighted by Gasteiger charge is 2.09. The molecule has 1 N–H and O–H groups in total. The van der Waals surface area contributed by atoms with E-state index in [1.807, 2.05) is 0 Å². The van der Waals surface area contributed by atoms with Crippen LogP contribution in [0.3, 0.4) is 0 Å². The average molecular weight is 539 g/mol. The Morgan fingerprint density at radius 3 is 1.26 bits per heavy atom. The van der Waals surface area contributed by atoms with Gasteiger partial charge in [-0.05, 0) is 44.9 Å². The van der Waals surface area contributed by atoms with Crippen LogP contribution in [0.15, 0.2) is 12.2 Å². The molecule has 38 heavy (non-hydrogen) atoms. The summed E-state index contributed by atoms with van der Waals surface area (Å²) in [7, 11) is 0. The molecule has 0 bridgehead atoms. The van der Waals surface area contributed by atoms with Crippen molar-refractivity contribution in [1.29, 1.82) is 0 Å². The van der Waals surface area contributed by atoms with Crippen molar-refractivity contribution < 1.29 is 14.6 Å². The van der Waals surface area contributed by atoms with Crippen molar-refractivity contribution in [2.45, 2.75) is 193 Å². The van der Waals surface area contributed by atoms with E-state index in [0.29, 0.717) is 0 Å². The quantitative estimate of drug-likeness (QED) is 0.0513. The Bertz CT molecular complexity index is 415. The third-order valence-corrected chi connectivity index (χ3v) is 7.63. The van der Waals surface area contributed by atoms with Gasteiger partial charge in [0, 0.05) is 19.8 Å². The van der Waals surface area contributed by atoms with Crippen LogP contribution < -0.4 is 0 Å². The summed E-state index contributed by atoms with van der Waals surface area (Å²) in [5.74, 6) is 0. The lowest BCUT2D eigenvalue weighted by Crippen LogP contribution is -2.19. The molecule has 0 aliphatic rings. The van der Waals surface area contributed by atoms with Gasteiger partial charge < -0.3 is 14.6 Å². The molecule has 3 nitrogen and oxygen atoms in total. The van der Waals surface area contributed by atoms with Gasteiger partial charge in [0.25, 0.3) is 0 Å². The van der Waals surface area contributed by atoms with Crippen molar-refractivity contribution in [2.24, 2.45) is 0 Å². The maximum atomic E-state index is 8.78. The summed E-state index contributed by atoms with van der Waals surface area (Å²) in [6.45, 7) is 6.58. The molecule has 0 aromatic rings. The molecule has 0 aromatic heterocycles. The Kier molecular flexibility index (Phi) is 34.3. The summed E-state index contributed by atoms with van der Waals surface area (Å²) < 4.78 is 12.4. The number of aliphatic hydroxyl groups is 1. The van der Waals surface area contributed by atoms with Crippen LogP contribution in [-0.2, 0) is 9.47 Å². The summed E-state index contributed by atoms with van der Waals surface area (Å²) in [6.07, 6.45) is 39.5. The zero-order valence-electron chi connectivity index (χ0n) is 26.2. The first-order chi connectivity index (χ1) is 18.8. The Balaban J connectivity index is 3.87. The first-order valence-corrected chi connectivity index (χ1v) is 17.3. The summed E-state index contributed by atoms with van der Waals surface area (Å²) in [5, 5.41) is 8.78. The van der Waals surface area contributed by atoms with Crippen molar-refractivity contribution >= 4 is 0 Å². The molecule has 228 valence electrons. The Hall–Kier alpha value is -0.380. The van der Waals surface area contributed by atoms with Gasteiger partial charge in [-0.15, -0.1) is 0 Å². The number of hydrogen-bond donors (Lipinski definition) is 1. The first kappa shape index (κ1) is 37.6. The molecule has 0 aliphatic carbocycles. The van der Waals surface area contributed by atoms with Crippen LogP contribution in [0.1, 0.15) is 187 Å². The highest BCUT2D eigenvalue weighted by atomic mass is 16.7. The van der Waals surface area contributed by atoms with Crippen molar-refractivity contribution in [3.05, 3.63) is 12.2 Å². The van der Waals surface area contributed by atoms with Gasteiger partial charge in [-0.3, -0.25) is 0 Å². The molecule has 0 heterocycles. The van der Waals surface area contributed by atoms with E-state index in [-0.39, 0.29) is 12.9 Å². The topological polar surface area (TPSA) is 38.7 Å². The number of hydrogen-bond acceptors (Lipinski definition) is 3.